The monoisotopic (exact) mass is 302 g/mol. The quantitative estimate of drug-likeness (QED) is 0.855. The van der Waals surface area contributed by atoms with Crippen LogP contribution in [-0.4, -0.2) is 57.5 Å². The maximum atomic E-state index is 11.6. The SMILES string of the molecule is CNC1CCC(C)(C)CC1CN(C)C1CCS(=O)(=O)C1. The smallest absolute Gasteiger partial charge is 0.151 e. The Hall–Kier alpha value is -0.130. The fourth-order valence-electron chi connectivity index (χ4n) is 3.95. The molecule has 0 aromatic heterocycles. The second-order valence-electron chi connectivity index (χ2n) is 7.56. The molecule has 5 heteroatoms. The van der Waals surface area contributed by atoms with Gasteiger partial charge in [-0.3, -0.25) is 0 Å². The third-order valence-corrected chi connectivity index (χ3v) is 6.99. The highest BCUT2D eigenvalue weighted by Crippen LogP contribution is 2.39. The second-order valence-corrected chi connectivity index (χ2v) is 9.79. The van der Waals surface area contributed by atoms with Crippen LogP contribution in [0, 0.1) is 11.3 Å². The first kappa shape index (κ1) is 16.2. The van der Waals surface area contributed by atoms with E-state index in [0.717, 1.165) is 13.0 Å². The largest absolute Gasteiger partial charge is 0.317 e. The van der Waals surface area contributed by atoms with Crippen LogP contribution < -0.4 is 5.32 Å². The van der Waals surface area contributed by atoms with Gasteiger partial charge in [0.05, 0.1) is 11.5 Å². The van der Waals surface area contributed by atoms with Gasteiger partial charge in [-0.15, -0.1) is 0 Å². The molecule has 2 fully saturated rings. The van der Waals surface area contributed by atoms with Gasteiger partial charge in [-0.25, -0.2) is 8.42 Å². The topological polar surface area (TPSA) is 49.4 Å². The molecule has 2 aliphatic rings. The predicted octanol–water partition coefficient (Wildman–Crippen LogP) is 1.52. The maximum absolute atomic E-state index is 11.6. The minimum absolute atomic E-state index is 0.225. The Morgan fingerprint density at radius 3 is 2.55 bits per heavy atom. The highest BCUT2D eigenvalue weighted by Gasteiger charge is 2.37. The van der Waals surface area contributed by atoms with E-state index in [9.17, 15) is 8.42 Å². The van der Waals surface area contributed by atoms with Crippen molar-refractivity contribution < 1.29 is 8.42 Å². The maximum Gasteiger partial charge on any atom is 0.151 e. The Labute approximate surface area is 124 Å². The van der Waals surface area contributed by atoms with Gasteiger partial charge in [-0.1, -0.05) is 13.8 Å². The summed E-state index contributed by atoms with van der Waals surface area (Å²) >= 11 is 0. The zero-order valence-corrected chi connectivity index (χ0v) is 14.2. The molecule has 1 aliphatic carbocycles. The van der Waals surface area contributed by atoms with Crippen LogP contribution in [0.5, 0.6) is 0 Å². The average molecular weight is 302 g/mol. The van der Waals surface area contributed by atoms with Gasteiger partial charge in [0.25, 0.3) is 0 Å². The highest BCUT2D eigenvalue weighted by molar-refractivity contribution is 7.91. The van der Waals surface area contributed by atoms with Crippen molar-refractivity contribution in [1.82, 2.24) is 10.2 Å². The van der Waals surface area contributed by atoms with Gasteiger partial charge >= 0.3 is 0 Å². The summed E-state index contributed by atoms with van der Waals surface area (Å²) in [6, 6.07) is 0.797. The zero-order valence-electron chi connectivity index (χ0n) is 13.4. The standard InChI is InChI=1S/C15H30N2O2S/c1-15(2)7-5-14(16-3)12(9-15)10-17(4)13-6-8-20(18,19)11-13/h12-14,16H,5-11H2,1-4H3. The van der Waals surface area contributed by atoms with Gasteiger partial charge in [-0.05, 0) is 51.1 Å². The number of hydrogen-bond acceptors (Lipinski definition) is 4. The second kappa shape index (κ2) is 5.93. The number of rotatable bonds is 4. The van der Waals surface area contributed by atoms with E-state index in [1.54, 1.807) is 0 Å². The van der Waals surface area contributed by atoms with E-state index in [1.165, 1.54) is 19.3 Å². The zero-order chi connectivity index (χ0) is 15.0. The third kappa shape index (κ3) is 3.95. The lowest BCUT2D eigenvalue weighted by atomic mass is 9.69. The number of hydrogen-bond donors (Lipinski definition) is 1. The molecule has 1 saturated heterocycles. The summed E-state index contributed by atoms with van der Waals surface area (Å²) in [7, 11) is 1.37. The summed E-state index contributed by atoms with van der Waals surface area (Å²) in [6.45, 7) is 5.72. The summed E-state index contributed by atoms with van der Waals surface area (Å²) in [6.07, 6.45) is 4.53. The van der Waals surface area contributed by atoms with E-state index in [0.29, 0.717) is 28.9 Å². The molecule has 2 rings (SSSR count). The van der Waals surface area contributed by atoms with Crippen molar-refractivity contribution in [2.45, 2.75) is 51.6 Å². The molecule has 1 heterocycles. The first-order chi connectivity index (χ1) is 9.22. The van der Waals surface area contributed by atoms with Crippen LogP contribution in [0.3, 0.4) is 0 Å². The van der Waals surface area contributed by atoms with Crippen molar-refractivity contribution in [3.8, 4) is 0 Å². The van der Waals surface area contributed by atoms with Crippen LogP contribution in [0.2, 0.25) is 0 Å². The van der Waals surface area contributed by atoms with Crippen LogP contribution in [-0.2, 0) is 9.84 Å². The highest BCUT2D eigenvalue weighted by atomic mass is 32.2. The molecule has 0 aromatic rings. The van der Waals surface area contributed by atoms with Crippen molar-refractivity contribution in [3.05, 3.63) is 0 Å². The molecule has 3 unspecified atom stereocenters. The summed E-state index contributed by atoms with van der Waals surface area (Å²) in [4.78, 5) is 2.29. The molecule has 1 N–H and O–H groups in total. The van der Waals surface area contributed by atoms with Crippen molar-refractivity contribution in [1.29, 1.82) is 0 Å². The summed E-state index contributed by atoms with van der Waals surface area (Å²) in [5, 5.41) is 3.46. The average Bonchev–Trinajstić information content (AvgIpc) is 2.69. The van der Waals surface area contributed by atoms with Gasteiger partial charge in [0.1, 0.15) is 0 Å². The first-order valence-corrected chi connectivity index (χ1v) is 9.62. The Balaban J connectivity index is 1.96. The molecule has 3 atom stereocenters. The van der Waals surface area contributed by atoms with Crippen molar-refractivity contribution >= 4 is 9.84 Å². The predicted molar refractivity (Wildman–Crippen MR) is 83.7 cm³/mol. The van der Waals surface area contributed by atoms with Crippen molar-refractivity contribution in [2.24, 2.45) is 11.3 Å². The van der Waals surface area contributed by atoms with E-state index < -0.39 is 9.84 Å². The molecule has 20 heavy (non-hydrogen) atoms. The van der Waals surface area contributed by atoms with Gasteiger partial charge in [0.15, 0.2) is 9.84 Å². The minimum Gasteiger partial charge on any atom is -0.317 e. The van der Waals surface area contributed by atoms with Crippen LogP contribution in [0.4, 0.5) is 0 Å². The van der Waals surface area contributed by atoms with E-state index in [2.05, 4.69) is 38.2 Å². The Kier molecular flexibility index (Phi) is 4.82. The van der Waals surface area contributed by atoms with Gasteiger partial charge in [0.2, 0.25) is 0 Å². The molecule has 1 aliphatic heterocycles. The van der Waals surface area contributed by atoms with Gasteiger partial charge in [0, 0.05) is 18.6 Å². The number of sulfone groups is 1. The van der Waals surface area contributed by atoms with Crippen LogP contribution in [0.15, 0.2) is 0 Å². The van der Waals surface area contributed by atoms with Crippen LogP contribution in [0.1, 0.15) is 39.5 Å². The summed E-state index contributed by atoms with van der Waals surface area (Å²) in [5.74, 6) is 1.34. The molecule has 1 saturated carbocycles. The Morgan fingerprint density at radius 2 is 2.00 bits per heavy atom. The molecular formula is C15H30N2O2S. The molecule has 0 radical (unpaired) electrons. The normalized spacial score (nSPS) is 36.4. The minimum atomic E-state index is -2.78. The molecular weight excluding hydrogens is 272 g/mol. The number of nitrogens with zero attached hydrogens (tertiary/aromatic N) is 1. The molecule has 0 bridgehead atoms. The third-order valence-electron chi connectivity index (χ3n) is 5.24. The molecule has 4 nitrogen and oxygen atoms in total. The lowest BCUT2D eigenvalue weighted by molar-refractivity contribution is 0.101. The van der Waals surface area contributed by atoms with Crippen LogP contribution >= 0.6 is 0 Å². The molecule has 118 valence electrons. The van der Waals surface area contributed by atoms with Gasteiger partial charge in [-0.2, -0.15) is 0 Å². The summed E-state index contributed by atoms with van der Waals surface area (Å²) < 4.78 is 23.2. The van der Waals surface area contributed by atoms with E-state index in [1.807, 2.05) is 0 Å². The molecule has 0 amide bonds. The Morgan fingerprint density at radius 1 is 1.30 bits per heavy atom. The van der Waals surface area contributed by atoms with Gasteiger partial charge < -0.3 is 10.2 Å². The molecule has 0 aromatic carbocycles. The van der Waals surface area contributed by atoms with E-state index in [-0.39, 0.29) is 6.04 Å². The van der Waals surface area contributed by atoms with Crippen molar-refractivity contribution in [2.75, 3.05) is 32.1 Å². The summed E-state index contributed by atoms with van der Waals surface area (Å²) in [5.41, 5.74) is 0.417. The van der Waals surface area contributed by atoms with Crippen molar-refractivity contribution in [3.63, 3.8) is 0 Å². The molecule has 0 spiro atoms. The fourth-order valence-corrected chi connectivity index (χ4v) is 5.76. The first-order valence-electron chi connectivity index (χ1n) is 7.80. The number of nitrogens with one attached hydrogen (secondary N) is 1. The fraction of sp³-hybridized carbons (Fsp3) is 1.00. The van der Waals surface area contributed by atoms with E-state index in [4.69, 9.17) is 0 Å². The lowest BCUT2D eigenvalue weighted by Gasteiger charge is -2.43. The van der Waals surface area contributed by atoms with Crippen LogP contribution in [0.25, 0.3) is 0 Å². The Bertz CT molecular complexity index is 433. The lowest BCUT2D eigenvalue weighted by Crippen LogP contribution is -2.47. The van der Waals surface area contributed by atoms with E-state index >= 15 is 0 Å².